The van der Waals surface area contributed by atoms with Crippen molar-refractivity contribution in [1.82, 2.24) is 0 Å². The summed E-state index contributed by atoms with van der Waals surface area (Å²) in [5, 5.41) is 11.1. The molecule has 3 rings (SSSR count). The van der Waals surface area contributed by atoms with E-state index in [9.17, 15) is 9.90 Å². The summed E-state index contributed by atoms with van der Waals surface area (Å²) in [6, 6.07) is 0. The third kappa shape index (κ3) is 3.89. The Hall–Kier alpha value is -0.733. The van der Waals surface area contributed by atoms with Crippen LogP contribution < -0.4 is 0 Å². The van der Waals surface area contributed by atoms with E-state index < -0.39 is 44.5 Å². The van der Waals surface area contributed by atoms with Gasteiger partial charge >= 0.3 is 5.97 Å². The first-order valence-corrected chi connectivity index (χ1v) is 12.9. The Kier molecular flexibility index (Phi) is 5.64. The van der Waals surface area contributed by atoms with E-state index in [1.807, 2.05) is 0 Å². The third-order valence-corrected chi connectivity index (χ3v) is 11.0. The Morgan fingerprint density at radius 2 is 1.85 bits per heavy atom. The molecule has 7 heteroatoms. The average Bonchev–Trinajstić information content (AvgIpc) is 2.94. The fourth-order valence-electron chi connectivity index (χ4n) is 3.93. The first-order valence-electron chi connectivity index (χ1n) is 10.0. The average molecular weight is 399 g/mol. The van der Waals surface area contributed by atoms with Crippen LogP contribution in [0.25, 0.3) is 0 Å². The van der Waals surface area contributed by atoms with Gasteiger partial charge in [0.25, 0.3) is 0 Å². The van der Waals surface area contributed by atoms with E-state index in [0.717, 1.165) is 25.7 Å². The molecule has 154 valence electrons. The van der Waals surface area contributed by atoms with Crippen LogP contribution in [0.15, 0.2) is 11.6 Å². The van der Waals surface area contributed by atoms with Crippen molar-refractivity contribution in [3.63, 3.8) is 0 Å². The Morgan fingerprint density at radius 1 is 1.22 bits per heavy atom. The Labute approximate surface area is 163 Å². The lowest BCUT2D eigenvalue weighted by Crippen LogP contribution is -2.55. The maximum Gasteiger partial charge on any atom is 0.336 e. The smallest absolute Gasteiger partial charge is 0.336 e. The molecule has 1 spiro atoms. The second kappa shape index (κ2) is 7.26. The number of ether oxygens (including phenoxy) is 3. The number of methoxy groups -OCH3 is 1. The quantitative estimate of drug-likeness (QED) is 0.581. The normalized spacial score (nSPS) is 33.5. The van der Waals surface area contributed by atoms with E-state index in [2.05, 4.69) is 33.9 Å². The fraction of sp³-hybridized carbons (Fsp3) is 0.850. The maximum absolute atomic E-state index is 12.5. The van der Waals surface area contributed by atoms with Crippen LogP contribution in [0.5, 0.6) is 0 Å². The Bertz CT molecular complexity index is 602. The molecule has 0 amide bonds. The lowest BCUT2D eigenvalue weighted by atomic mass is 9.89. The number of fused-ring (bicyclic) bond motifs is 1. The summed E-state index contributed by atoms with van der Waals surface area (Å²) in [6.45, 7) is 10.6. The highest BCUT2D eigenvalue weighted by Crippen LogP contribution is 2.46. The van der Waals surface area contributed by atoms with Crippen molar-refractivity contribution in [3.8, 4) is 0 Å². The first kappa shape index (κ1) is 21.0. The molecule has 2 aliphatic carbocycles. The lowest BCUT2D eigenvalue weighted by Gasteiger charge is -2.43. The molecular formula is C20H34O6Si. The van der Waals surface area contributed by atoms with Gasteiger partial charge in [0.1, 0.15) is 24.4 Å². The van der Waals surface area contributed by atoms with Crippen molar-refractivity contribution in [1.29, 1.82) is 0 Å². The van der Waals surface area contributed by atoms with Crippen molar-refractivity contribution in [2.75, 3.05) is 7.11 Å². The minimum absolute atomic E-state index is 0.0532. The van der Waals surface area contributed by atoms with E-state index in [4.69, 9.17) is 18.6 Å². The van der Waals surface area contributed by atoms with Crippen LogP contribution >= 0.6 is 0 Å². The molecule has 2 fully saturated rings. The van der Waals surface area contributed by atoms with Crippen LogP contribution in [-0.2, 0) is 23.4 Å². The van der Waals surface area contributed by atoms with Gasteiger partial charge in [-0.15, -0.1) is 0 Å². The zero-order valence-electron chi connectivity index (χ0n) is 17.4. The summed E-state index contributed by atoms with van der Waals surface area (Å²) in [6.07, 6.45) is 3.96. The zero-order valence-corrected chi connectivity index (χ0v) is 18.4. The molecule has 0 aromatic heterocycles. The molecule has 0 unspecified atom stereocenters. The molecule has 1 N–H and O–H groups in total. The summed E-state index contributed by atoms with van der Waals surface area (Å²) in [7, 11) is -0.885. The molecule has 0 aromatic rings. The Balaban J connectivity index is 1.90. The van der Waals surface area contributed by atoms with Crippen molar-refractivity contribution in [3.05, 3.63) is 11.6 Å². The van der Waals surface area contributed by atoms with Gasteiger partial charge in [0.05, 0.1) is 12.7 Å². The van der Waals surface area contributed by atoms with E-state index in [-0.39, 0.29) is 5.04 Å². The fourth-order valence-corrected chi connectivity index (χ4v) is 5.19. The molecule has 1 aliphatic heterocycles. The molecule has 4 atom stereocenters. The van der Waals surface area contributed by atoms with Gasteiger partial charge in [-0.05, 0) is 37.0 Å². The summed E-state index contributed by atoms with van der Waals surface area (Å²) < 4.78 is 23.9. The van der Waals surface area contributed by atoms with Crippen LogP contribution in [0.4, 0.5) is 0 Å². The van der Waals surface area contributed by atoms with Crippen molar-refractivity contribution < 1.29 is 28.5 Å². The molecule has 0 radical (unpaired) electrons. The van der Waals surface area contributed by atoms with Gasteiger partial charge in [-0.2, -0.15) is 0 Å². The first-order chi connectivity index (χ1) is 12.5. The highest BCUT2D eigenvalue weighted by atomic mass is 28.4. The second-order valence-electron chi connectivity index (χ2n) is 9.54. The standard InChI is InChI=1S/C20H34O6Si/c1-19(2,3)27(5,6)26-16-13(18(22)23-4)12-14-17(15(16)21)25-20(24-14)10-8-7-9-11-20/h12,14-17,21H,7-11H2,1-6H3/t14-,15-,16-,17-/m1/s1. The van der Waals surface area contributed by atoms with Crippen LogP contribution in [0, 0.1) is 0 Å². The van der Waals surface area contributed by atoms with Gasteiger partial charge < -0.3 is 23.7 Å². The van der Waals surface area contributed by atoms with E-state index in [1.54, 1.807) is 6.08 Å². The predicted octanol–water partition coefficient (Wildman–Crippen LogP) is 3.30. The highest BCUT2D eigenvalue weighted by Gasteiger charge is 2.56. The predicted molar refractivity (Wildman–Crippen MR) is 104 cm³/mol. The molecular weight excluding hydrogens is 364 g/mol. The number of carbonyl (C=O) groups excluding carboxylic acids is 1. The van der Waals surface area contributed by atoms with Crippen LogP contribution in [-0.4, -0.2) is 56.7 Å². The molecule has 27 heavy (non-hydrogen) atoms. The molecule has 0 aromatic carbocycles. The summed E-state index contributed by atoms with van der Waals surface area (Å²) in [5.74, 6) is -1.12. The number of esters is 1. The number of carbonyl (C=O) groups is 1. The van der Waals surface area contributed by atoms with Crippen molar-refractivity contribution in [2.45, 2.75) is 101 Å². The van der Waals surface area contributed by atoms with Gasteiger partial charge in [-0.25, -0.2) is 4.79 Å². The summed E-state index contributed by atoms with van der Waals surface area (Å²) in [5.41, 5.74) is 0.340. The summed E-state index contributed by atoms with van der Waals surface area (Å²) >= 11 is 0. The van der Waals surface area contributed by atoms with Gasteiger partial charge in [-0.3, -0.25) is 0 Å². The monoisotopic (exact) mass is 398 g/mol. The minimum Gasteiger partial charge on any atom is -0.466 e. The topological polar surface area (TPSA) is 74.2 Å². The van der Waals surface area contributed by atoms with Gasteiger partial charge in [-0.1, -0.05) is 27.2 Å². The van der Waals surface area contributed by atoms with Crippen LogP contribution in [0.1, 0.15) is 52.9 Å². The number of aliphatic hydroxyl groups excluding tert-OH is 1. The van der Waals surface area contributed by atoms with Crippen molar-refractivity contribution in [2.24, 2.45) is 0 Å². The number of aliphatic hydroxyl groups is 1. The number of rotatable bonds is 3. The largest absolute Gasteiger partial charge is 0.466 e. The lowest BCUT2D eigenvalue weighted by molar-refractivity contribution is -0.200. The number of hydrogen-bond acceptors (Lipinski definition) is 6. The SMILES string of the molecule is COC(=O)C1=C[C@H]2OC3(CCCCC3)O[C@H]2[C@H](O)[C@@H]1O[Si](C)(C)C(C)(C)C. The van der Waals surface area contributed by atoms with E-state index in [1.165, 1.54) is 13.5 Å². The summed E-state index contributed by atoms with van der Waals surface area (Å²) in [4.78, 5) is 12.5. The zero-order chi connectivity index (χ0) is 20.0. The van der Waals surface area contributed by atoms with Crippen LogP contribution in [0.3, 0.4) is 0 Å². The maximum atomic E-state index is 12.5. The minimum atomic E-state index is -2.23. The third-order valence-electron chi connectivity index (χ3n) is 6.59. The van der Waals surface area contributed by atoms with Gasteiger partial charge in [0, 0.05) is 12.8 Å². The Morgan fingerprint density at radius 3 is 2.41 bits per heavy atom. The molecule has 3 aliphatic rings. The van der Waals surface area contributed by atoms with Crippen LogP contribution in [0.2, 0.25) is 18.1 Å². The highest BCUT2D eigenvalue weighted by molar-refractivity contribution is 6.74. The second-order valence-corrected chi connectivity index (χ2v) is 14.3. The van der Waals surface area contributed by atoms with E-state index in [0.29, 0.717) is 5.57 Å². The van der Waals surface area contributed by atoms with Crippen molar-refractivity contribution >= 4 is 14.3 Å². The van der Waals surface area contributed by atoms with E-state index >= 15 is 0 Å². The van der Waals surface area contributed by atoms with Gasteiger partial charge in [0.2, 0.25) is 0 Å². The number of hydrogen-bond donors (Lipinski definition) is 1. The molecule has 0 bridgehead atoms. The molecule has 1 heterocycles. The molecule has 1 saturated heterocycles. The molecule has 1 saturated carbocycles. The van der Waals surface area contributed by atoms with Gasteiger partial charge in [0.15, 0.2) is 14.1 Å². The molecule has 6 nitrogen and oxygen atoms in total.